The Balaban J connectivity index is 1.56. The smallest absolute Gasteiger partial charge is 0.230 e. The van der Waals surface area contributed by atoms with Crippen LogP contribution in [0.5, 0.6) is 0 Å². The molecule has 0 radical (unpaired) electrons. The first-order valence-corrected chi connectivity index (χ1v) is 11.6. The molecular weight excluding hydrogens is 390 g/mol. The van der Waals surface area contributed by atoms with Gasteiger partial charge in [0.25, 0.3) is 0 Å². The molecule has 4 atom stereocenters. The van der Waals surface area contributed by atoms with Crippen molar-refractivity contribution < 1.29 is 4.79 Å². The highest BCUT2D eigenvalue weighted by Gasteiger charge is 2.47. The molecule has 1 heterocycles. The maximum absolute atomic E-state index is 13.5. The molecule has 2 aromatic carbocycles. The quantitative estimate of drug-likeness (QED) is 0.537. The summed E-state index contributed by atoms with van der Waals surface area (Å²) >= 11 is 1.64. The Labute approximate surface area is 182 Å². The van der Waals surface area contributed by atoms with Gasteiger partial charge in [-0.15, -0.1) is 11.3 Å². The molecular formula is C25H29N3OS. The lowest BCUT2D eigenvalue weighted by Gasteiger charge is -2.29. The summed E-state index contributed by atoms with van der Waals surface area (Å²) in [4.78, 5) is 19.8. The average Bonchev–Trinajstić information content (AvgIpc) is 3.41. The van der Waals surface area contributed by atoms with Crippen LogP contribution in [0.4, 0.5) is 5.69 Å². The van der Waals surface area contributed by atoms with Crippen LogP contribution in [0.2, 0.25) is 0 Å². The van der Waals surface area contributed by atoms with E-state index in [1.54, 1.807) is 11.3 Å². The van der Waals surface area contributed by atoms with Gasteiger partial charge in [-0.2, -0.15) is 0 Å². The van der Waals surface area contributed by atoms with E-state index in [0.29, 0.717) is 12.5 Å². The molecule has 156 valence electrons. The monoisotopic (exact) mass is 419 g/mol. The van der Waals surface area contributed by atoms with Gasteiger partial charge in [-0.25, -0.2) is 4.98 Å². The predicted molar refractivity (Wildman–Crippen MR) is 125 cm³/mol. The van der Waals surface area contributed by atoms with Crippen molar-refractivity contribution in [3.8, 4) is 11.1 Å². The van der Waals surface area contributed by atoms with Gasteiger partial charge in [0.1, 0.15) is 0 Å². The normalized spacial score (nSPS) is 19.8. The minimum absolute atomic E-state index is 0.00841. The van der Waals surface area contributed by atoms with Crippen LogP contribution < -0.4 is 10.6 Å². The highest BCUT2D eigenvalue weighted by atomic mass is 32.1. The molecule has 1 saturated carbocycles. The lowest BCUT2D eigenvalue weighted by atomic mass is 9.99. The maximum atomic E-state index is 13.5. The summed E-state index contributed by atoms with van der Waals surface area (Å²) in [5.41, 5.74) is 9.70. The van der Waals surface area contributed by atoms with Crippen LogP contribution in [-0.2, 0) is 4.79 Å². The van der Waals surface area contributed by atoms with E-state index in [-0.39, 0.29) is 23.8 Å². The summed E-state index contributed by atoms with van der Waals surface area (Å²) in [6.07, 6.45) is 3.70. The van der Waals surface area contributed by atoms with E-state index >= 15 is 0 Å². The Hall–Kier alpha value is -2.50. The number of hydrogen-bond donors (Lipinski definition) is 1. The van der Waals surface area contributed by atoms with Crippen molar-refractivity contribution in [1.82, 2.24) is 4.98 Å². The molecule has 1 fully saturated rings. The zero-order valence-corrected chi connectivity index (χ0v) is 18.4. The Bertz CT molecular complexity index is 956. The molecule has 2 N–H and O–H groups in total. The fourth-order valence-electron chi connectivity index (χ4n) is 3.84. The van der Waals surface area contributed by atoms with Gasteiger partial charge in [-0.05, 0) is 35.6 Å². The molecule has 0 aliphatic heterocycles. The third-order valence-corrected chi connectivity index (χ3v) is 7.10. The van der Waals surface area contributed by atoms with Crippen molar-refractivity contribution in [3.63, 3.8) is 0 Å². The second kappa shape index (κ2) is 9.11. The highest BCUT2D eigenvalue weighted by Crippen LogP contribution is 2.49. The van der Waals surface area contributed by atoms with Crippen molar-refractivity contribution in [2.75, 3.05) is 11.4 Å². The summed E-state index contributed by atoms with van der Waals surface area (Å²) < 4.78 is 0. The third-order valence-electron chi connectivity index (χ3n) is 6.20. The lowest BCUT2D eigenvalue weighted by Crippen LogP contribution is -2.45. The van der Waals surface area contributed by atoms with Crippen molar-refractivity contribution >= 4 is 22.9 Å². The molecule has 0 spiro atoms. The van der Waals surface area contributed by atoms with Gasteiger partial charge in [-0.1, -0.05) is 62.7 Å². The number of benzene rings is 2. The van der Waals surface area contributed by atoms with Gasteiger partial charge in [0.15, 0.2) is 0 Å². The second-order valence-electron chi connectivity index (χ2n) is 8.23. The van der Waals surface area contributed by atoms with E-state index in [1.807, 2.05) is 46.8 Å². The number of nitrogens with zero attached hydrogens (tertiary/aromatic N) is 2. The van der Waals surface area contributed by atoms with E-state index < -0.39 is 0 Å². The average molecular weight is 420 g/mol. The number of carbonyl (C=O) groups is 1. The standard InChI is InChI=1S/C25H29N3OS/c1-3-17(2)23(26)16-28(25(29)22-15-21(22)24-27-13-14-30-24)20-11-9-19(10-12-20)18-7-5-4-6-8-18/h4-14,17,21-23H,3,15-16,26H2,1-2H3/t17-,21+,22+,23+/m0/s1. The number of hydrogen-bond acceptors (Lipinski definition) is 4. The summed E-state index contributed by atoms with van der Waals surface area (Å²) in [6, 6.07) is 18.5. The van der Waals surface area contributed by atoms with Crippen LogP contribution in [0.15, 0.2) is 66.2 Å². The van der Waals surface area contributed by atoms with Crippen molar-refractivity contribution in [3.05, 3.63) is 71.2 Å². The molecule has 0 unspecified atom stereocenters. The molecule has 1 aromatic heterocycles. The van der Waals surface area contributed by atoms with Gasteiger partial charge < -0.3 is 10.6 Å². The molecule has 1 amide bonds. The number of thiazole rings is 1. The maximum Gasteiger partial charge on any atom is 0.230 e. The summed E-state index contributed by atoms with van der Waals surface area (Å²) in [5.74, 6) is 0.789. The van der Waals surface area contributed by atoms with Crippen LogP contribution in [0, 0.1) is 11.8 Å². The fraction of sp³-hybridized carbons (Fsp3) is 0.360. The van der Waals surface area contributed by atoms with E-state index in [1.165, 1.54) is 5.56 Å². The minimum Gasteiger partial charge on any atom is -0.326 e. The van der Waals surface area contributed by atoms with Crippen LogP contribution in [0.3, 0.4) is 0 Å². The van der Waals surface area contributed by atoms with Gasteiger partial charge in [-0.3, -0.25) is 4.79 Å². The zero-order chi connectivity index (χ0) is 21.1. The van der Waals surface area contributed by atoms with Gasteiger partial charge in [0.2, 0.25) is 5.91 Å². The summed E-state index contributed by atoms with van der Waals surface area (Å²) in [7, 11) is 0. The largest absolute Gasteiger partial charge is 0.326 e. The van der Waals surface area contributed by atoms with E-state index in [4.69, 9.17) is 5.73 Å². The number of amides is 1. The summed E-state index contributed by atoms with van der Waals surface area (Å²) in [6.45, 7) is 4.84. The van der Waals surface area contributed by atoms with Crippen molar-refractivity contribution in [1.29, 1.82) is 0 Å². The number of anilines is 1. The number of carbonyl (C=O) groups excluding carboxylic acids is 1. The SMILES string of the molecule is CC[C@H](C)[C@H](N)CN(C(=O)[C@@H]1C[C@H]1c1nccs1)c1ccc(-c2ccccc2)cc1. The Morgan fingerprint density at radius 2 is 1.87 bits per heavy atom. The molecule has 4 rings (SSSR count). The van der Waals surface area contributed by atoms with Crippen LogP contribution in [-0.4, -0.2) is 23.5 Å². The highest BCUT2D eigenvalue weighted by molar-refractivity contribution is 7.09. The Morgan fingerprint density at radius 1 is 1.17 bits per heavy atom. The molecule has 5 heteroatoms. The molecule has 0 saturated heterocycles. The van der Waals surface area contributed by atoms with E-state index in [2.05, 4.69) is 43.1 Å². The van der Waals surface area contributed by atoms with Crippen LogP contribution >= 0.6 is 11.3 Å². The summed E-state index contributed by atoms with van der Waals surface area (Å²) in [5, 5.41) is 3.05. The fourth-order valence-corrected chi connectivity index (χ4v) is 4.66. The zero-order valence-electron chi connectivity index (χ0n) is 17.6. The van der Waals surface area contributed by atoms with Gasteiger partial charge in [0.05, 0.1) is 5.01 Å². The van der Waals surface area contributed by atoms with Crippen molar-refractivity contribution in [2.24, 2.45) is 17.6 Å². The number of aromatic nitrogens is 1. The van der Waals surface area contributed by atoms with Gasteiger partial charge >= 0.3 is 0 Å². The number of rotatable bonds is 8. The molecule has 0 bridgehead atoms. The molecule has 3 aromatic rings. The van der Waals surface area contributed by atoms with E-state index in [0.717, 1.165) is 29.1 Å². The molecule has 30 heavy (non-hydrogen) atoms. The Morgan fingerprint density at radius 3 is 2.50 bits per heavy atom. The second-order valence-corrected chi connectivity index (χ2v) is 9.16. The molecule has 4 nitrogen and oxygen atoms in total. The lowest BCUT2D eigenvalue weighted by molar-refractivity contribution is -0.120. The first-order chi connectivity index (χ1) is 14.6. The Kier molecular flexibility index (Phi) is 6.30. The topological polar surface area (TPSA) is 59.2 Å². The van der Waals surface area contributed by atoms with Crippen LogP contribution in [0.25, 0.3) is 11.1 Å². The predicted octanol–water partition coefficient (Wildman–Crippen LogP) is 5.32. The van der Waals surface area contributed by atoms with E-state index in [9.17, 15) is 4.79 Å². The third kappa shape index (κ3) is 4.47. The first-order valence-electron chi connectivity index (χ1n) is 10.7. The molecule has 1 aliphatic carbocycles. The first kappa shape index (κ1) is 20.8. The number of nitrogens with two attached hydrogens (primary N) is 1. The minimum atomic E-state index is -0.0511. The van der Waals surface area contributed by atoms with Gasteiger partial charge in [0, 0.05) is 41.7 Å². The molecule has 1 aliphatic rings. The van der Waals surface area contributed by atoms with Crippen molar-refractivity contribution in [2.45, 2.75) is 38.6 Å². The van der Waals surface area contributed by atoms with Crippen LogP contribution in [0.1, 0.15) is 37.6 Å².